The second kappa shape index (κ2) is 5.56. The molecule has 2 atom stereocenters. The molecule has 2 aliphatic heterocycles. The number of hydrogen-bond acceptors (Lipinski definition) is 3. The topological polar surface area (TPSA) is 60.9 Å². The first-order valence-electron chi connectivity index (χ1n) is 7.45. The number of carbonyl (C=O) groups is 2. The molecule has 3 rings (SSSR count). The fraction of sp³-hybridized carbons (Fsp3) is 0.500. The van der Waals surface area contributed by atoms with Gasteiger partial charge in [-0.05, 0) is 24.7 Å². The number of benzene rings is 1. The van der Waals surface area contributed by atoms with Crippen LogP contribution in [0.4, 0.5) is 8.78 Å². The number of carboxylic acid groups (broad SMARTS) is 1. The summed E-state index contributed by atoms with van der Waals surface area (Å²) in [6.45, 7) is 1.61. The first kappa shape index (κ1) is 15.9. The third-order valence-corrected chi connectivity index (χ3v) is 4.90. The van der Waals surface area contributed by atoms with E-state index in [-0.39, 0.29) is 24.8 Å². The van der Waals surface area contributed by atoms with Crippen molar-refractivity contribution >= 4 is 11.9 Å². The van der Waals surface area contributed by atoms with Gasteiger partial charge in [0, 0.05) is 32.1 Å². The first-order chi connectivity index (χ1) is 10.8. The molecule has 7 heteroatoms. The Bertz CT molecular complexity index is 667. The molecule has 0 bridgehead atoms. The fourth-order valence-electron chi connectivity index (χ4n) is 3.74. The van der Waals surface area contributed by atoms with E-state index in [9.17, 15) is 23.5 Å². The number of fused-ring (bicyclic) bond motifs is 1. The molecule has 23 heavy (non-hydrogen) atoms. The van der Waals surface area contributed by atoms with E-state index in [0.29, 0.717) is 25.2 Å². The van der Waals surface area contributed by atoms with Crippen LogP contribution in [0.15, 0.2) is 18.2 Å². The second-order valence-corrected chi connectivity index (χ2v) is 6.55. The van der Waals surface area contributed by atoms with E-state index in [2.05, 4.69) is 0 Å². The minimum absolute atomic E-state index is 0.0601. The highest BCUT2D eigenvalue weighted by molar-refractivity contribution is 5.83. The van der Waals surface area contributed by atoms with Crippen molar-refractivity contribution in [2.24, 2.45) is 11.3 Å². The maximum Gasteiger partial charge on any atom is 0.313 e. The molecule has 0 aromatic heterocycles. The van der Waals surface area contributed by atoms with Crippen LogP contribution in [0.25, 0.3) is 0 Å². The summed E-state index contributed by atoms with van der Waals surface area (Å²) in [6.07, 6.45) is -0.0601. The van der Waals surface area contributed by atoms with Gasteiger partial charge in [0.1, 0.15) is 5.41 Å². The number of hydrogen-bond donors (Lipinski definition) is 1. The lowest BCUT2D eigenvalue weighted by atomic mass is 9.81. The van der Waals surface area contributed by atoms with Crippen LogP contribution < -0.4 is 0 Å². The van der Waals surface area contributed by atoms with E-state index in [1.807, 2.05) is 11.9 Å². The highest BCUT2D eigenvalue weighted by Crippen LogP contribution is 2.42. The molecule has 2 aliphatic rings. The van der Waals surface area contributed by atoms with Crippen LogP contribution >= 0.6 is 0 Å². The van der Waals surface area contributed by atoms with Crippen LogP contribution in [0.2, 0.25) is 0 Å². The van der Waals surface area contributed by atoms with E-state index in [0.717, 1.165) is 12.1 Å². The van der Waals surface area contributed by atoms with Crippen molar-refractivity contribution in [1.82, 2.24) is 9.80 Å². The number of aliphatic carboxylic acids is 1. The minimum atomic E-state index is -0.989. The Labute approximate surface area is 132 Å². The average Bonchev–Trinajstić information content (AvgIpc) is 2.96. The van der Waals surface area contributed by atoms with Crippen molar-refractivity contribution in [3.8, 4) is 0 Å². The fourth-order valence-corrected chi connectivity index (χ4v) is 3.74. The Balaban J connectivity index is 1.72. The molecule has 124 valence electrons. The van der Waals surface area contributed by atoms with Crippen LogP contribution in [-0.2, 0) is 16.0 Å². The first-order valence-corrected chi connectivity index (χ1v) is 7.45. The van der Waals surface area contributed by atoms with E-state index < -0.39 is 23.0 Å². The Morgan fingerprint density at radius 3 is 2.61 bits per heavy atom. The summed E-state index contributed by atoms with van der Waals surface area (Å²) in [4.78, 5) is 27.6. The van der Waals surface area contributed by atoms with Crippen molar-refractivity contribution in [2.45, 2.75) is 6.42 Å². The lowest BCUT2D eigenvalue weighted by Gasteiger charge is -2.24. The van der Waals surface area contributed by atoms with Crippen LogP contribution in [0.5, 0.6) is 0 Å². The van der Waals surface area contributed by atoms with E-state index in [1.54, 1.807) is 0 Å². The Kier molecular flexibility index (Phi) is 3.83. The third kappa shape index (κ3) is 2.69. The number of carbonyl (C=O) groups excluding carboxylic acids is 1. The maximum atomic E-state index is 13.2. The SMILES string of the molecule is CN1CC2CN(C(=O)Cc3ccc(F)c(F)c3)C[C@@]2(C(=O)O)C1. The molecule has 5 nitrogen and oxygen atoms in total. The summed E-state index contributed by atoms with van der Waals surface area (Å²) >= 11 is 0. The molecule has 0 spiro atoms. The number of nitrogens with zero attached hydrogens (tertiary/aromatic N) is 2. The molecule has 2 saturated heterocycles. The van der Waals surface area contributed by atoms with Crippen LogP contribution in [-0.4, -0.2) is 60.0 Å². The molecule has 0 aliphatic carbocycles. The zero-order valence-corrected chi connectivity index (χ0v) is 12.8. The maximum absolute atomic E-state index is 13.2. The predicted octanol–water partition coefficient (Wildman–Crippen LogP) is 0.982. The highest BCUT2D eigenvalue weighted by atomic mass is 19.2. The molecule has 1 unspecified atom stereocenters. The molecular formula is C16H18F2N2O3. The molecule has 0 saturated carbocycles. The van der Waals surface area contributed by atoms with Crippen molar-refractivity contribution in [2.75, 3.05) is 33.2 Å². The van der Waals surface area contributed by atoms with Gasteiger partial charge in [-0.2, -0.15) is 0 Å². The van der Waals surface area contributed by atoms with Crippen molar-refractivity contribution in [3.63, 3.8) is 0 Å². The Hall–Kier alpha value is -2.02. The average molecular weight is 324 g/mol. The van der Waals surface area contributed by atoms with Crippen LogP contribution in [0.1, 0.15) is 5.56 Å². The number of rotatable bonds is 3. The molecule has 1 aromatic rings. The van der Waals surface area contributed by atoms with Gasteiger partial charge in [-0.1, -0.05) is 6.07 Å². The van der Waals surface area contributed by atoms with Gasteiger partial charge in [0.2, 0.25) is 5.91 Å². The largest absolute Gasteiger partial charge is 0.481 e. The van der Waals surface area contributed by atoms with E-state index in [4.69, 9.17) is 0 Å². The lowest BCUT2D eigenvalue weighted by Crippen LogP contribution is -2.41. The van der Waals surface area contributed by atoms with Gasteiger partial charge in [-0.25, -0.2) is 8.78 Å². The summed E-state index contributed by atoms with van der Waals surface area (Å²) in [5, 5.41) is 9.59. The van der Waals surface area contributed by atoms with Gasteiger partial charge < -0.3 is 14.9 Å². The molecule has 1 N–H and O–H groups in total. The highest BCUT2D eigenvalue weighted by Gasteiger charge is 2.57. The third-order valence-electron chi connectivity index (χ3n) is 4.90. The van der Waals surface area contributed by atoms with Crippen molar-refractivity contribution in [3.05, 3.63) is 35.4 Å². The normalized spacial score (nSPS) is 27.3. The Morgan fingerprint density at radius 1 is 1.26 bits per heavy atom. The summed E-state index contributed by atoms with van der Waals surface area (Å²) in [5.41, 5.74) is -0.536. The monoisotopic (exact) mass is 324 g/mol. The second-order valence-electron chi connectivity index (χ2n) is 6.55. The summed E-state index contributed by atoms with van der Waals surface area (Å²) in [6, 6.07) is 3.36. The number of amides is 1. The smallest absolute Gasteiger partial charge is 0.313 e. The zero-order valence-electron chi connectivity index (χ0n) is 12.8. The van der Waals surface area contributed by atoms with Crippen LogP contribution in [0, 0.1) is 23.0 Å². The standard InChI is InChI=1S/C16H18F2N2O3/c1-19-6-11-7-20(9-16(11,8-19)15(22)23)14(21)5-10-2-3-12(17)13(18)4-10/h2-4,11H,5-9H2,1H3,(H,22,23)/t11?,16-/m0/s1. The summed E-state index contributed by atoms with van der Waals surface area (Å²) < 4.78 is 26.2. The lowest BCUT2D eigenvalue weighted by molar-refractivity contribution is -0.149. The Morgan fingerprint density at radius 2 is 2.00 bits per heavy atom. The zero-order chi connectivity index (χ0) is 16.8. The predicted molar refractivity (Wildman–Crippen MR) is 77.7 cm³/mol. The number of likely N-dealkylation sites (tertiary alicyclic amines) is 2. The summed E-state index contributed by atoms with van der Waals surface area (Å²) in [5.74, 6) is -3.18. The van der Waals surface area contributed by atoms with Gasteiger partial charge >= 0.3 is 5.97 Å². The van der Waals surface area contributed by atoms with E-state index >= 15 is 0 Å². The van der Waals surface area contributed by atoms with Crippen LogP contribution in [0.3, 0.4) is 0 Å². The van der Waals surface area contributed by atoms with Gasteiger partial charge in [-0.3, -0.25) is 9.59 Å². The van der Waals surface area contributed by atoms with Gasteiger partial charge in [0.15, 0.2) is 11.6 Å². The van der Waals surface area contributed by atoms with Crippen molar-refractivity contribution < 1.29 is 23.5 Å². The molecule has 1 aromatic carbocycles. The van der Waals surface area contributed by atoms with Gasteiger partial charge in [0.05, 0.1) is 6.42 Å². The molecule has 2 heterocycles. The van der Waals surface area contributed by atoms with Crippen molar-refractivity contribution in [1.29, 1.82) is 0 Å². The molecule has 2 fully saturated rings. The van der Waals surface area contributed by atoms with Gasteiger partial charge in [-0.15, -0.1) is 0 Å². The molecule has 0 radical (unpaired) electrons. The number of carboxylic acids is 1. The number of halogens is 2. The molecular weight excluding hydrogens is 306 g/mol. The minimum Gasteiger partial charge on any atom is -0.481 e. The summed E-state index contributed by atoms with van der Waals surface area (Å²) in [7, 11) is 1.87. The molecule has 1 amide bonds. The van der Waals surface area contributed by atoms with E-state index in [1.165, 1.54) is 11.0 Å². The van der Waals surface area contributed by atoms with Gasteiger partial charge in [0.25, 0.3) is 0 Å². The quantitative estimate of drug-likeness (QED) is 0.900.